The van der Waals surface area contributed by atoms with E-state index in [1.165, 1.54) is 30.3 Å². The second kappa shape index (κ2) is 6.52. The molecule has 112 valence electrons. The summed E-state index contributed by atoms with van der Waals surface area (Å²) in [5.74, 6) is -1.57. The Labute approximate surface area is 138 Å². The second-order valence-corrected chi connectivity index (χ2v) is 5.42. The fourth-order valence-electron chi connectivity index (χ4n) is 1.70. The quantitative estimate of drug-likeness (QED) is 0.456. The summed E-state index contributed by atoms with van der Waals surface area (Å²) in [6, 6.07) is 9.63. The molecule has 0 unspecified atom stereocenters. The monoisotopic (exact) mass is 412 g/mol. The molecule has 8 heteroatoms. The number of non-ortho nitro benzene ring substituents is 1. The van der Waals surface area contributed by atoms with Crippen molar-refractivity contribution in [1.82, 2.24) is 0 Å². The van der Waals surface area contributed by atoms with Crippen LogP contribution in [0.2, 0.25) is 0 Å². The van der Waals surface area contributed by atoms with Crippen LogP contribution in [-0.4, -0.2) is 21.9 Å². The van der Waals surface area contributed by atoms with Gasteiger partial charge in [0.15, 0.2) is 0 Å². The second-order valence-electron chi connectivity index (χ2n) is 4.26. The number of aromatic carboxylic acids is 1. The molecule has 7 nitrogen and oxygen atoms in total. The third-order valence-corrected chi connectivity index (χ3v) is 3.74. The highest BCUT2D eigenvalue weighted by Gasteiger charge is 2.12. The standard InChI is InChI=1S/C14H9IN2O5/c15-12-6-3-9(7-11(12)14(19)20)16-13(18)8-1-4-10(5-2-8)17(21)22/h1-7H,(H,16,18)(H,19,20). The van der Waals surface area contributed by atoms with Crippen molar-refractivity contribution in [2.75, 3.05) is 5.32 Å². The summed E-state index contributed by atoms with van der Waals surface area (Å²) >= 11 is 1.89. The number of hydrogen-bond donors (Lipinski definition) is 2. The van der Waals surface area contributed by atoms with E-state index in [9.17, 15) is 19.7 Å². The van der Waals surface area contributed by atoms with Gasteiger partial charge < -0.3 is 10.4 Å². The van der Waals surface area contributed by atoms with Crippen molar-refractivity contribution in [3.8, 4) is 0 Å². The number of carboxylic acid groups (broad SMARTS) is 1. The molecule has 1 amide bonds. The maximum absolute atomic E-state index is 12.0. The van der Waals surface area contributed by atoms with Gasteiger partial charge in [0.25, 0.3) is 11.6 Å². The predicted molar refractivity (Wildman–Crippen MR) is 87.2 cm³/mol. The van der Waals surface area contributed by atoms with Crippen LogP contribution < -0.4 is 5.32 Å². The average molecular weight is 412 g/mol. The Bertz CT molecular complexity index is 758. The SMILES string of the molecule is O=C(Nc1ccc(I)c(C(=O)O)c1)c1ccc([N+](=O)[O-])cc1. The Morgan fingerprint density at radius 2 is 1.77 bits per heavy atom. The molecular formula is C14H9IN2O5. The summed E-state index contributed by atoms with van der Waals surface area (Å²) in [5.41, 5.74) is 0.545. The highest BCUT2D eigenvalue weighted by Crippen LogP contribution is 2.19. The lowest BCUT2D eigenvalue weighted by Crippen LogP contribution is -2.12. The summed E-state index contributed by atoms with van der Waals surface area (Å²) in [4.78, 5) is 33.1. The molecule has 0 heterocycles. The molecule has 0 aromatic heterocycles. The number of halogens is 1. The van der Waals surface area contributed by atoms with E-state index in [1.54, 1.807) is 12.1 Å². The van der Waals surface area contributed by atoms with Gasteiger partial charge >= 0.3 is 5.97 Å². The van der Waals surface area contributed by atoms with Crippen LogP contribution in [0.15, 0.2) is 42.5 Å². The lowest BCUT2D eigenvalue weighted by molar-refractivity contribution is -0.384. The molecular weight excluding hydrogens is 403 g/mol. The number of nitro groups is 1. The van der Waals surface area contributed by atoms with Crippen LogP contribution >= 0.6 is 22.6 Å². The van der Waals surface area contributed by atoms with Gasteiger partial charge in [-0.25, -0.2) is 4.79 Å². The number of benzene rings is 2. The predicted octanol–water partition coefficient (Wildman–Crippen LogP) is 3.15. The third kappa shape index (κ3) is 3.58. The number of carbonyl (C=O) groups is 2. The summed E-state index contributed by atoms with van der Waals surface area (Å²) in [6.07, 6.45) is 0. The van der Waals surface area contributed by atoms with Gasteiger partial charge in [-0.1, -0.05) is 0 Å². The van der Waals surface area contributed by atoms with E-state index in [1.807, 2.05) is 22.6 Å². The number of carbonyl (C=O) groups excluding carboxylic acids is 1. The number of anilines is 1. The number of nitrogens with one attached hydrogen (secondary N) is 1. The summed E-state index contributed by atoms with van der Waals surface area (Å²) in [7, 11) is 0. The van der Waals surface area contributed by atoms with E-state index >= 15 is 0 Å². The van der Waals surface area contributed by atoms with Crippen LogP contribution in [0.1, 0.15) is 20.7 Å². The topological polar surface area (TPSA) is 110 Å². The maximum atomic E-state index is 12.0. The number of nitrogens with zero attached hydrogens (tertiary/aromatic N) is 1. The normalized spacial score (nSPS) is 10.0. The summed E-state index contributed by atoms with van der Waals surface area (Å²) in [5, 5.41) is 22.2. The van der Waals surface area contributed by atoms with Crippen molar-refractivity contribution in [2.24, 2.45) is 0 Å². The highest BCUT2D eigenvalue weighted by molar-refractivity contribution is 14.1. The van der Waals surface area contributed by atoms with Gasteiger partial charge in [0.05, 0.1) is 10.5 Å². The van der Waals surface area contributed by atoms with Crippen LogP contribution in [0, 0.1) is 13.7 Å². The molecule has 0 atom stereocenters. The van der Waals surface area contributed by atoms with Crippen LogP contribution in [0.3, 0.4) is 0 Å². The van der Waals surface area contributed by atoms with Gasteiger partial charge in [0.2, 0.25) is 0 Å². The van der Waals surface area contributed by atoms with Gasteiger partial charge in [-0.05, 0) is 52.9 Å². The first-order valence-electron chi connectivity index (χ1n) is 5.97. The molecule has 2 N–H and O–H groups in total. The molecule has 0 aliphatic heterocycles. The van der Waals surface area contributed by atoms with Gasteiger partial charge in [-0.2, -0.15) is 0 Å². The van der Waals surface area contributed by atoms with Crippen molar-refractivity contribution in [2.45, 2.75) is 0 Å². The molecule has 0 bridgehead atoms. The molecule has 0 saturated carbocycles. The first-order chi connectivity index (χ1) is 10.4. The number of amides is 1. The van der Waals surface area contributed by atoms with Crippen molar-refractivity contribution in [1.29, 1.82) is 0 Å². The Morgan fingerprint density at radius 3 is 2.32 bits per heavy atom. The minimum absolute atomic E-state index is 0.0853. The Hall–Kier alpha value is -2.49. The number of hydrogen-bond acceptors (Lipinski definition) is 4. The fraction of sp³-hybridized carbons (Fsp3) is 0. The van der Waals surface area contributed by atoms with Gasteiger partial charge in [-0.15, -0.1) is 0 Å². The number of carboxylic acids is 1. The molecule has 0 saturated heterocycles. The minimum Gasteiger partial charge on any atom is -0.478 e. The van der Waals surface area contributed by atoms with Gasteiger partial charge in [0.1, 0.15) is 0 Å². The van der Waals surface area contributed by atoms with E-state index in [4.69, 9.17) is 5.11 Å². The third-order valence-electron chi connectivity index (χ3n) is 2.79. The molecule has 2 aromatic carbocycles. The van der Waals surface area contributed by atoms with Crippen molar-refractivity contribution >= 4 is 45.8 Å². The molecule has 0 radical (unpaired) electrons. The zero-order valence-electron chi connectivity index (χ0n) is 10.9. The average Bonchev–Trinajstić information content (AvgIpc) is 2.49. The van der Waals surface area contributed by atoms with Gasteiger partial charge in [0, 0.05) is 27.0 Å². The van der Waals surface area contributed by atoms with E-state index < -0.39 is 16.8 Å². The fourth-order valence-corrected chi connectivity index (χ4v) is 2.27. The van der Waals surface area contributed by atoms with Crippen LogP contribution in [0.25, 0.3) is 0 Å². The first-order valence-corrected chi connectivity index (χ1v) is 7.05. The van der Waals surface area contributed by atoms with E-state index in [0.717, 1.165) is 0 Å². The van der Waals surface area contributed by atoms with Crippen molar-refractivity contribution in [3.05, 3.63) is 67.3 Å². The van der Waals surface area contributed by atoms with Gasteiger partial charge in [-0.3, -0.25) is 14.9 Å². The van der Waals surface area contributed by atoms with Crippen LogP contribution in [0.5, 0.6) is 0 Å². The van der Waals surface area contributed by atoms with E-state index in [0.29, 0.717) is 9.26 Å². The molecule has 2 aromatic rings. The van der Waals surface area contributed by atoms with E-state index in [-0.39, 0.29) is 16.8 Å². The Morgan fingerprint density at radius 1 is 1.14 bits per heavy atom. The molecule has 2 rings (SSSR count). The largest absolute Gasteiger partial charge is 0.478 e. The zero-order chi connectivity index (χ0) is 16.3. The molecule has 0 spiro atoms. The Kier molecular flexibility index (Phi) is 4.71. The molecule has 0 aliphatic carbocycles. The molecule has 0 fully saturated rings. The van der Waals surface area contributed by atoms with Crippen LogP contribution in [0.4, 0.5) is 11.4 Å². The molecule has 22 heavy (non-hydrogen) atoms. The first kappa shape index (κ1) is 15.9. The summed E-state index contributed by atoms with van der Waals surface area (Å²) in [6.45, 7) is 0. The maximum Gasteiger partial charge on any atom is 0.336 e. The lowest BCUT2D eigenvalue weighted by atomic mass is 10.1. The van der Waals surface area contributed by atoms with Crippen LogP contribution in [-0.2, 0) is 0 Å². The smallest absolute Gasteiger partial charge is 0.336 e. The van der Waals surface area contributed by atoms with Crippen molar-refractivity contribution < 1.29 is 19.6 Å². The summed E-state index contributed by atoms with van der Waals surface area (Å²) < 4.78 is 0.554. The minimum atomic E-state index is -1.09. The highest BCUT2D eigenvalue weighted by atomic mass is 127. The molecule has 0 aliphatic rings. The number of nitro benzene ring substituents is 1. The zero-order valence-corrected chi connectivity index (χ0v) is 13.1. The number of rotatable bonds is 4. The lowest BCUT2D eigenvalue weighted by Gasteiger charge is -2.07. The Balaban J connectivity index is 2.20. The van der Waals surface area contributed by atoms with Crippen molar-refractivity contribution in [3.63, 3.8) is 0 Å². The van der Waals surface area contributed by atoms with E-state index in [2.05, 4.69) is 5.32 Å².